The predicted octanol–water partition coefficient (Wildman–Crippen LogP) is 2.40. The molecule has 0 radical (unpaired) electrons. The van der Waals surface area contributed by atoms with Crippen molar-refractivity contribution in [2.45, 2.75) is 30.9 Å². The van der Waals surface area contributed by atoms with Gasteiger partial charge in [0.25, 0.3) is 5.91 Å². The molecule has 0 fully saturated rings. The molecule has 0 rings (SSSR count). The molecule has 0 unspecified atom stereocenters. The molecule has 1 N–H and O–H groups in total. The highest BCUT2D eigenvalue weighted by Crippen LogP contribution is 2.37. The van der Waals surface area contributed by atoms with Crippen LogP contribution in [0.2, 0.25) is 19.6 Å². The van der Waals surface area contributed by atoms with Crippen LogP contribution in [0.15, 0.2) is 0 Å². The zero-order valence-corrected chi connectivity index (χ0v) is 9.55. The maximum atomic E-state index is 12.6. The minimum Gasteiger partial charge on any atom is -0.377 e. The standard InChI is InChI=1S/C6H10ClF4NOSi/c1-14(2,3)12-4(13)5(8,9)6(7,10)11/h1-3H3,(H,12,13). The van der Waals surface area contributed by atoms with Gasteiger partial charge in [-0.3, -0.25) is 4.79 Å². The molecule has 0 aromatic carbocycles. The lowest BCUT2D eigenvalue weighted by Crippen LogP contribution is -2.56. The SMILES string of the molecule is C[Si](C)(C)NC(=O)C(F)(F)C(F)(F)Cl. The molecule has 0 saturated carbocycles. The van der Waals surface area contributed by atoms with Crippen molar-refractivity contribution < 1.29 is 22.4 Å². The Bertz CT molecular complexity index is 235. The third kappa shape index (κ3) is 3.45. The summed E-state index contributed by atoms with van der Waals surface area (Å²) in [4.78, 5) is 12.6. The second kappa shape index (κ2) is 3.69. The molecule has 84 valence electrons. The zero-order chi connectivity index (χ0) is 11.8. The highest BCUT2D eigenvalue weighted by Gasteiger charge is 2.61. The number of rotatable bonds is 3. The number of hydrogen-bond donors (Lipinski definition) is 1. The second-order valence-electron chi connectivity index (χ2n) is 3.78. The Balaban J connectivity index is 4.70. The Hall–Kier alpha value is -0.303. The van der Waals surface area contributed by atoms with E-state index in [1.165, 1.54) is 19.6 Å². The van der Waals surface area contributed by atoms with Crippen LogP contribution in [0.25, 0.3) is 0 Å². The second-order valence-corrected chi connectivity index (χ2v) is 9.00. The summed E-state index contributed by atoms with van der Waals surface area (Å²) in [6, 6.07) is 0. The monoisotopic (exact) mass is 251 g/mol. The van der Waals surface area contributed by atoms with Crippen LogP contribution in [0.4, 0.5) is 17.6 Å². The summed E-state index contributed by atoms with van der Waals surface area (Å²) in [6.45, 7) is 4.56. The van der Waals surface area contributed by atoms with Crippen LogP contribution in [-0.4, -0.2) is 25.4 Å². The molecule has 0 atom stereocenters. The average molecular weight is 252 g/mol. The quantitative estimate of drug-likeness (QED) is 0.466. The van der Waals surface area contributed by atoms with Crippen LogP contribution < -0.4 is 4.98 Å². The fraction of sp³-hybridized carbons (Fsp3) is 0.833. The number of halogens is 5. The van der Waals surface area contributed by atoms with Crippen molar-refractivity contribution in [2.24, 2.45) is 0 Å². The maximum absolute atomic E-state index is 12.6. The molecule has 0 aromatic rings. The zero-order valence-electron chi connectivity index (χ0n) is 7.80. The summed E-state index contributed by atoms with van der Waals surface area (Å²) in [5.41, 5.74) is 0. The van der Waals surface area contributed by atoms with Gasteiger partial charge in [0.2, 0.25) is 0 Å². The van der Waals surface area contributed by atoms with Crippen molar-refractivity contribution in [3.05, 3.63) is 0 Å². The number of carbonyl (C=O) groups excluding carboxylic acids is 1. The van der Waals surface area contributed by atoms with Crippen LogP contribution in [0.5, 0.6) is 0 Å². The summed E-state index contributed by atoms with van der Waals surface area (Å²) in [7, 11) is -2.38. The van der Waals surface area contributed by atoms with Gasteiger partial charge in [-0.15, -0.1) is 0 Å². The van der Waals surface area contributed by atoms with Gasteiger partial charge in [-0.25, -0.2) is 0 Å². The molecule has 0 heterocycles. The van der Waals surface area contributed by atoms with Crippen molar-refractivity contribution in [3.63, 3.8) is 0 Å². The first-order valence-electron chi connectivity index (χ1n) is 3.65. The Morgan fingerprint density at radius 1 is 1.21 bits per heavy atom. The van der Waals surface area contributed by atoms with Crippen LogP contribution in [0.1, 0.15) is 0 Å². The molecule has 0 saturated heterocycles. The molecule has 0 aliphatic carbocycles. The average Bonchev–Trinajstić information content (AvgIpc) is 1.80. The van der Waals surface area contributed by atoms with E-state index in [1.807, 2.05) is 4.98 Å². The number of alkyl halides is 5. The minimum atomic E-state index is -4.88. The van der Waals surface area contributed by atoms with Crippen molar-refractivity contribution in [2.75, 3.05) is 0 Å². The number of amides is 1. The number of carbonyl (C=O) groups is 1. The van der Waals surface area contributed by atoms with Crippen LogP contribution in [-0.2, 0) is 4.79 Å². The van der Waals surface area contributed by atoms with Crippen LogP contribution in [0, 0.1) is 0 Å². The molecule has 1 amide bonds. The van der Waals surface area contributed by atoms with Gasteiger partial charge in [0.15, 0.2) is 0 Å². The van der Waals surface area contributed by atoms with Crippen LogP contribution in [0.3, 0.4) is 0 Å². The van der Waals surface area contributed by atoms with E-state index in [4.69, 9.17) is 0 Å². The molecule has 2 nitrogen and oxygen atoms in total. The van der Waals surface area contributed by atoms with Crippen molar-refractivity contribution in [1.29, 1.82) is 0 Å². The minimum absolute atomic E-state index is 1.52. The van der Waals surface area contributed by atoms with Crippen LogP contribution >= 0.6 is 11.6 Å². The Kier molecular flexibility index (Phi) is 3.61. The molecule has 0 spiro atoms. The predicted molar refractivity (Wildman–Crippen MR) is 47.2 cm³/mol. The Morgan fingerprint density at radius 3 is 1.79 bits per heavy atom. The molecule has 0 aliphatic heterocycles. The number of nitrogens with one attached hydrogen (secondary N) is 1. The lowest BCUT2D eigenvalue weighted by molar-refractivity contribution is -0.179. The van der Waals surface area contributed by atoms with E-state index in [0.29, 0.717) is 0 Å². The van der Waals surface area contributed by atoms with Gasteiger partial charge in [0.05, 0.1) is 0 Å². The van der Waals surface area contributed by atoms with Gasteiger partial charge < -0.3 is 4.98 Å². The maximum Gasteiger partial charge on any atom is 0.400 e. The van der Waals surface area contributed by atoms with E-state index in [1.54, 1.807) is 0 Å². The fourth-order valence-corrected chi connectivity index (χ4v) is 1.47. The lowest BCUT2D eigenvalue weighted by atomic mass is 10.3. The normalized spacial score (nSPS) is 14.0. The van der Waals surface area contributed by atoms with Gasteiger partial charge in [-0.05, 0) is 11.6 Å². The summed E-state index contributed by atoms with van der Waals surface area (Å²) in [5.74, 6) is -6.91. The highest BCUT2D eigenvalue weighted by molar-refractivity contribution is 6.75. The smallest absolute Gasteiger partial charge is 0.377 e. The largest absolute Gasteiger partial charge is 0.400 e. The number of hydrogen-bond acceptors (Lipinski definition) is 1. The van der Waals surface area contributed by atoms with Gasteiger partial charge in [-0.2, -0.15) is 17.6 Å². The van der Waals surface area contributed by atoms with Gasteiger partial charge in [0, 0.05) is 0 Å². The summed E-state index contributed by atoms with van der Waals surface area (Å²) >= 11 is 4.12. The van der Waals surface area contributed by atoms with Gasteiger partial charge >= 0.3 is 11.3 Å². The molecule has 14 heavy (non-hydrogen) atoms. The van der Waals surface area contributed by atoms with E-state index in [-0.39, 0.29) is 0 Å². The van der Waals surface area contributed by atoms with E-state index in [9.17, 15) is 22.4 Å². The first-order chi connectivity index (χ1) is 5.88. The molecular weight excluding hydrogens is 242 g/mol. The summed E-state index contributed by atoms with van der Waals surface area (Å²) in [6.07, 6.45) is 0. The van der Waals surface area contributed by atoms with E-state index in [2.05, 4.69) is 11.6 Å². The van der Waals surface area contributed by atoms with Gasteiger partial charge in [0.1, 0.15) is 8.24 Å². The van der Waals surface area contributed by atoms with Crippen molar-refractivity contribution in [3.8, 4) is 0 Å². The molecule has 0 bridgehead atoms. The molecule has 0 aliphatic rings. The summed E-state index contributed by atoms with van der Waals surface area (Å²) in [5, 5.41) is -4.86. The van der Waals surface area contributed by atoms with E-state index in [0.717, 1.165) is 0 Å². The highest BCUT2D eigenvalue weighted by atomic mass is 35.5. The van der Waals surface area contributed by atoms with Crippen molar-refractivity contribution in [1.82, 2.24) is 4.98 Å². The Labute approximate surface area is 84.7 Å². The first-order valence-corrected chi connectivity index (χ1v) is 7.53. The van der Waals surface area contributed by atoms with Crippen molar-refractivity contribution >= 4 is 25.7 Å². The van der Waals surface area contributed by atoms with E-state index >= 15 is 0 Å². The topological polar surface area (TPSA) is 29.1 Å². The summed E-state index contributed by atoms with van der Waals surface area (Å²) < 4.78 is 49.4. The third-order valence-corrected chi connectivity index (χ3v) is 2.34. The molecule has 8 heteroatoms. The Morgan fingerprint density at radius 2 is 1.57 bits per heavy atom. The van der Waals surface area contributed by atoms with Gasteiger partial charge in [-0.1, -0.05) is 19.6 Å². The lowest BCUT2D eigenvalue weighted by Gasteiger charge is -2.25. The molecular formula is C6H10ClF4NOSi. The molecule has 0 aromatic heterocycles. The third-order valence-electron chi connectivity index (χ3n) is 1.13. The first kappa shape index (κ1) is 13.7. The van der Waals surface area contributed by atoms with E-state index < -0.39 is 25.4 Å². The fourth-order valence-electron chi connectivity index (χ4n) is 0.548.